The molecule has 1 aromatic rings. The molecule has 0 aliphatic rings. The molecule has 0 aliphatic carbocycles. The van der Waals surface area contributed by atoms with Gasteiger partial charge >= 0.3 is 0 Å². The van der Waals surface area contributed by atoms with Crippen LogP contribution in [-0.2, 0) is 0 Å². The van der Waals surface area contributed by atoms with Gasteiger partial charge in [0.15, 0.2) is 11.6 Å². The van der Waals surface area contributed by atoms with Crippen LogP contribution in [0.4, 0.5) is 14.6 Å². The van der Waals surface area contributed by atoms with Crippen molar-refractivity contribution in [3.05, 3.63) is 23.9 Å². The fraction of sp³-hybridized carbons (Fsp3) is 0.500. The quantitative estimate of drug-likeness (QED) is 0.788. The van der Waals surface area contributed by atoms with E-state index >= 15 is 0 Å². The first-order valence-electron chi connectivity index (χ1n) is 4.94. The van der Waals surface area contributed by atoms with Crippen molar-refractivity contribution < 1.29 is 8.78 Å². The third-order valence-corrected chi connectivity index (χ3v) is 2.14. The lowest BCUT2D eigenvalue weighted by molar-refractivity contribution is 0.572. The Bertz CT molecular complexity index is 318. The van der Waals surface area contributed by atoms with Crippen molar-refractivity contribution in [1.82, 2.24) is 4.98 Å². The average Bonchev–Trinajstić information content (AvgIpc) is 2.21. The SMILES string of the molecule is CCC(N)CCNc1ncc(F)cc1F. The molecule has 0 aromatic carbocycles. The second-order valence-electron chi connectivity index (χ2n) is 3.37. The lowest BCUT2D eigenvalue weighted by Gasteiger charge is -2.10. The van der Waals surface area contributed by atoms with Crippen molar-refractivity contribution in [2.75, 3.05) is 11.9 Å². The first kappa shape index (κ1) is 11.8. The zero-order valence-electron chi connectivity index (χ0n) is 8.63. The van der Waals surface area contributed by atoms with E-state index in [-0.39, 0.29) is 11.9 Å². The van der Waals surface area contributed by atoms with Crippen molar-refractivity contribution in [2.45, 2.75) is 25.8 Å². The normalized spacial score (nSPS) is 12.5. The van der Waals surface area contributed by atoms with Crippen molar-refractivity contribution in [2.24, 2.45) is 5.73 Å². The van der Waals surface area contributed by atoms with E-state index in [0.29, 0.717) is 6.54 Å². The highest BCUT2D eigenvalue weighted by molar-refractivity contribution is 5.35. The third kappa shape index (κ3) is 3.79. The van der Waals surface area contributed by atoms with Gasteiger partial charge in [-0.2, -0.15) is 0 Å². The Hall–Kier alpha value is -1.23. The van der Waals surface area contributed by atoms with Gasteiger partial charge in [-0.25, -0.2) is 13.8 Å². The summed E-state index contributed by atoms with van der Waals surface area (Å²) in [6.45, 7) is 2.52. The number of nitrogens with zero attached hydrogens (tertiary/aromatic N) is 1. The number of rotatable bonds is 5. The molecule has 0 fully saturated rings. The standard InChI is InChI=1S/C10H15F2N3/c1-2-8(13)3-4-14-10-9(12)5-7(11)6-15-10/h5-6,8H,2-4,13H2,1H3,(H,14,15). The molecule has 1 rings (SSSR count). The molecule has 0 spiro atoms. The van der Waals surface area contributed by atoms with E-state index in [1.807, 2.05) is 6.92 Å². The van der Waals surface area contributed by atoms with E-state index in [2.05, 4.69) is 10.3 Å². The molecule has 1 unspecified atom stereocenters. The van der Waals surface area contributed by atoms with Crippen molar-refractivity contribution in [3.8, 4) is 0 Å². The minimum absolute atomic E-state index is 0.0692. The predicted molar refractivity (Wildman–Crippen MR) is 55.5 cm³/mol. The minimum atomic E-state index is -0.680. The summed E-state index contributed by atoms with van der Waals surface area (Å²) >= 11 is 0. The third-order valence-electron chi connectivity index (χ3n) is 2.14. The highest BCUT2D eigenvalue weighted by atomic mass is 19.1. The van der Waals surface area contributed by atoms with Crippen LogP contribution in [0.2, 0.25) is 0 Å². The number of halogens is 2. The molecule has 15 heavy (non-hydrogen) atoms. The first-order valence-corrected chi connectivity index (χ1v) is 4.94. The van der Waals surface area contributed by atoms with Gasteiger partial charge in [0.2, 0.25) is 0 Å². The number of nitrogens with two attached hydrogens (primary N) is 1. The predicted octanol–water partition coefficient (Wildman–Crippen LogP) is 1.90. The molecule has 84 valence electrons. The largest absolute Gasteiger partial charge is 0.368 e. The molecule has 3 N–H and O–H groups in total. The summed E-state index contributed by atoms with van der Waals surface area (Å²) in [6, 6.07) is 0.899. The van der Waals surface area contributed by atoms with Gasteiger partial charge in [0, 0.05) is 18.7 Å². The number of nitrogens with one attached hydrogen (secondary N) is 1. The number of aromatic nitrogens is 1. The Morgan fingerprint density at radius 1 is 1.53 bits per heavy atom. The van der Waals surface area contributed by atoms with Crippen LogP contribution in [0.25, 0.3) is 0 Å². The highest BCUT2D eigenvalue weighted by Gasteiger charge is 2.05. The summed E-state index contributed by atoms with van der Waals surface area (Å²) in [4.78, 5) is 3.60. The van der Waals surface area contributed by atoms with E-state index < -0.39 is 11.6 Å². The number of anilines is 1. The van der Waals surface area contributed by atoms with Crippen LogP contribution in [0.15, 0.2) is 12.3 Å². The highest BCUT2D eigenvalue weighted by Crippen LogP contribution is 2.11. The average molecular weight is 215 g/mol. The number of hydrogen-bond acceptors (Lipinski definition) is 3. The summed E-state index contributed by atoms with van der Waals surface area (Å²) in [5.41, 5.74) is 5.69. The van der Waals surface area contributed by atoms with E-state index in [1.165, 1.54) is 0 Å². The summed E-state index contributed by atoms with van der Waals surface area (Å²) < 4.78 is 25.6. The van der Waals surface area contributed by atoms with Gasteiger partial charge < -0.3 is 11.1 Å². The van der Waals surface area contributed by atoms with E-state index in [0.717, 1.165) is 25.1 Å². The van der Waals surface area contributed by atoms with Gasteiger partial charge in [0.05, 0.1) is 6.20 Å². The summed E-state index contributed by atoms with van der Waals surface area (Å²) in [6.07, 6.45) is 2.58. The lowest BCUT2D eigenvalue weighted by atomic mass is 10.2. The fourth-order valence-corrected chi connectivity index (χ4v) is 1.12. The first-order chi connectivity index (χ1) is 7.13. The van der Waals surface area contributed by atoms with Gasteiger partial charge in [0.25, 0.3) is 0 Å². The Balaban J connectivity index is 2.44. The molecule has 1 atom stereocenters. The van der Waals surface area contributed by atoms with Crippen LogP contribution in [0.5, 0.6) is 0 Å². The molecule has 0 aliphatic heterocycles. The molecular formula is C10H15F2N3. The Morgan fingerprint density at radius 2 is 2.27 bits per heavy atom. The van der Waals surface area contributed by atoms with E-state index in [1.54, 1.807) is 0 Å². The molecule has 5 heteroatoms. The lowest BCUT2D eigenvalue weighted by Crippen LogP contribution is -2.22. The van der Waals surface area contributed by atoms with Gasteiger partial charge in [0.1, 0.15) is 5.82 Å². The van der Waals surface area contributed by atoms with Crippen molar-refractivity contribution in [3.63, 3.8) is 0 Å². The molecule has 1 aromatic heterocycles. The Kier molecular flexibility index (Phi) is 4.42. The second kappa shape index (κ2) is 5.60. The molecule has 0 amide bonds. The maximum Gasteiger partial charge on any atom is 0.168 e. The minimum Gasteiger partial charge on any atom is -0.368 e. The summed E-state index contributed by atoms with van der Waals surface area (Å²) in [5.74, 6) is -1.29. The Morgan fingerprint density at radius 3 is 2.87 bits per heavy atom. The topological polar surface area (TPSA) is 50.9 Å². The maximum atomic E-state index is 13.1. The molecule has 0 saturated heterocycles. The van der Waals surface area contributed by atoms with Gasteiger partial charge in [-0.05, 0) is 12.8 Å². The molecule has 0 bridgehead atoms. The van der Waals surface area contributed by atoms with Crippen LogP contribution < -0.4 is 11.1 Å². The Labute approximate surface area is 87.7 Å². The molecule has 3 nitrogen and oxygen atoms in total. The molecule has 0 saturated carbocycles. The van der Waals surface area contributed by atoms with Crippen LogP contribution in [0, 0.1) is 11.6 Å². The van der Waals surface area contributed by atoms with Gasteiger partial charge in [-0.1, -0.05) is 6.92 Å². The van der Waals surface area contributed by atoms with E-state index in [9.17, 15) is 8.78 Å². The summed E-state index contributed by atoms with van der Waals surface area (Å²) in [5, 5.41) is 2.77. The van der Waals surface area contributed by atoms with Crippen LogP contribution in [0.3, 0.4) is 0 Å². The van der Waals surface area contributed by atoms with Crippen LogP contribution in [0.1, 0.15) is 19.8 Å². The van der Waals surface area contributed by atoms with Crippen LogP contribution in [-0.4, -0.2) is 17.6 Å². The van der Waals surface area contributed by atoms with Crippen molar-refractivity contribution >= 4 is 5.82 Å². The zero-order valence-corrected chi connectivity index (χ0v) is 8.63. The number of hydrogen-bond donors (Lipinski definition) is 2. The fourth-order valence-electron chi connectivity index (χ4n) is 1.12. The zero-order chi connectivity index (χ0) is 11.3. The van der Waals surface area contributed by atoms with Crippen molar-refractivity contribution in [1.29, 1.82) is 0 Å². The second-order valence-corrected chi connectivity index (χ2v) is 3.37. The van der Waals surface area contributed by atoms with E-state index in [4.69, 9.17) is 5.73 Å². The number of pyridine rings is 1. The molecule has 1 heterocycles. The molecule has 0 radical (unpaired) electrons. The summed E-state index contributed by atoms with van der Waals surface area (Å²) in [7, 11) is 0. The maximum absolute atomic E-state index is 13.1. The van der Waals surface area contributed by atoms with Gasteiger partial charge in [-0.3, -0.25) is 0 Å². The van der Waals surface area contributed by atoms with Gasteiger partial charge in [-0.15, -0.1) is 0 Å². The van der Waals surface area contributed by atoms with Crippen LogP contribution >= 0.6 is 0 Å². The smallest absolute Gasteiger partial charge is 0.168 e. The molecular weight excluding hydrogens is 200 g/mol. The monoisotopic (exact) mass is 215 g/mol.